The summed E-state index contributed by atoms with van der Waals surface area (Å²) in [5.74, 6) is 0. The van der Waals surface area contributed by atoms with Crippen molar-refractivity contribution in [2.24, 2.45) is 0 Å². The third-order valence-corrected chi connectivity index (χ3v) is 5.40. The number of ether oxygens (including phenoxy) is 1. The second kappa shape index (κ2) is 7.59. The van der Waals surface area contributed by atoms with E-state index < -0.39 is 0 Å². The molecule has 1 aromatic rings. The van der Waals surface area contributed by atoms with E-state index >= 15 is 0 Å². The van der Waals surface area contributed by atoms with Crippen LogP contribution in [-0.2, 0) is 4.74 Å². The maximum Gasteiger partial charge on any atom is 0.269 e. The lowest BCUT2D eigenvalue weighted by Gasteiger charge is -2.43. The predicted molar refractivity (Wildman–Crippen MR) is 93.1 cm³/mol. The molecule has 2 atom stereocenters. The fourth-order valence-corrected chi connectivity index (χ4v) is 3.92. The number of nitrogens with zero attached hydrogens (tertiary/aromatic N) is 3. The Balaban J connectivity index is 1.58. The van der Waals surface area contributed by atoms with Crippen LogP contribution in [0.5, 0.6) is 0 Å². The highest BCUT2D eigenvalue weighted by Crippen LogP contribution is 2.28. The van der Waals surface area contributed by atoms with Gasteiger partial charge in [0, 0.05) is 50.4 Å². The Bertz CT molecular complexity index is 572. The summed E-state index contributed by atoms with van der Waals surface area (Å²) in [5.41, 5.74) is 1.21. The minimum absolute atomic E-state index is 0.177. The summed E-state index contributed by atoms with van der Waals surface area (Å²) in [7, 11) is 0. The van der Waals surface area contributed by atoms with Crippen molar-refractivity contribution in [2.45, 2.75) is 44.9 Å². The molecular weight excluding hydrogens is 306 g/mol. The molecule has 2 heterocycles. The van der Waals surface area contributed by atoms with E-state index in [0.29, 0.717) is 12.1 Å². The maximum atomic E-state index is 11.0. The van der Waals surface area contributed by atoms with Gasteiger partial charge in [-0.15, -0.1) is 0 Å². The first kappa shape index (κ1) is 17.3. The second-order valence-corrected chi connectivity index (χ2v) is 6.97. The zero-order valence-corrected chi connectivity index (χ0v) is 14.6. The SMILES string of the molecule is CC1CN(C2CCN(C(C)c3cccc([N+](=O)[O-])c3)CC2)CCO1. The average Bonchev–Trinajstić information content (AvgIpc) is 2.61. The van der Waals surface area contributed by atoms with Crippen molar-refractivity contribution in [1.29, 1.82) is 0 Å². The zero-order valence-electron chi connectivity index (χ0n) is 14.6. The molecule has 0 aliphatic carbocycles. The lowest BCUT2D eigenvalue weighted by Crippen LogP contribution is -2.51. The molecule has 6 nitrogen and oxygen atoms in total. The topological polar surface area (TPSA) is 58.9 Å². The number of benzene rings is 1. The van der Waals surface area contributed by atoms with Crippen LogP contribution in [0.2, 0.25) is 0 Å². The molecular formula is C18H27N3O3. The van der Waals surface area contributed by atoms with Crippen LogP contribution in [0.15, 0.2) is 24.3 Å². The molecule has 0 amide bonds. The normalized spacial score (nSPS) is 25.5. The number of hydrogen-bond donors (Lipinski definition) is 0. The largest absolute Gasteiger partial charge is 0.376 e. The molecule has 2 fully saturated rings. The standard InChI is InChI=1S/C18H27N3O3/c1-14-13-20(10-11-24-14)17-6-8-19(9-7-17)15(2)16-4-3-5-18(12-16)21(22)23/h3-5,12,14-15,17H,6-11,13H2,1-2H3. The molecule has 0 N–H and O–H groups in total. The number of morpholine rings is 1. The number of rotatable bonds is 4. The third kappa shape index (κ3) is 3.94. The number of piperidine rings is 1. The van der Waals surface area contributed by atoms with Crippen molar-refractivity contribution < 1.29 is 9.66 Å². The second-order valence-electron chi connectivity index (χ2n) is 6.97. The quantitative estimate of drug-likeness (QED) is 0.626. The van der Waals surface area contributed by atoms with Crippen LogP contribution >= 0.6 is 0 Å². The molecule has 2 saturated heterocycles. The number of non-ortho nitro benzene ring substituents is 1. The van der Waals surface area contributed by atoms with Crippen molar-refractivity contribution in [3.8, 4) is 0 Å². The Morgan fingerprint density at radius 3 is 2.71 bits per heavy atom. The summed E-state index contributed by atoms with van der Waals surface area (Å²) in [4.78, 5) is 15.7. The van der Waals surface area contributed by atoms with E-state index in [1.165, 1.54) is 0 Å². The first-order valence-corrected chi connectivity index (χ1v) is 8.88. The van der Waals surface area contributed by atoms with Crippen LogP contribution in [-0.4, -0.2) is 59.7 Å². The molecule has 6 heteroatoms. The fraction of sp³-hybridized carbons (Fsp3) is 0.667. The van der Waals surface area contributed by atoms with Crippen LogP contribution in [0.25, 0.3) is 0 Å². The summed E-state index contributed by atoms with van der Waals surface area (Å²) in [6.45, 7) is 9.29. The predicted octanol–water partition coefficient (Wildman–Crippen LogP) is 2.84. The van der Waals surface area contributed by atoms with E-state index in [4.69, 9.17) is 4.74 Å². The molecule has 0 radical (unpaired) electrons. The molecule has 0 aromatic heterocycles. The van der Waals surface area contributed by atoms with E-state index in [1.807, 2.05) is 6.07 Å². The molecule has 24 heavy (non-hydrogen) atoms. The van der Waals surface area contributed by atoms with Crippen molar-refractivity contribution in [3.63, 3.8) is 0 Å². The van der Waals surface area contributed by atoms with E-state index in [0.717, 1.165) is 51.2 Å². The Kier molecular flexibility index (Phi) is 5.48. The summed E-state index contributed by atoms with van der Waals surface area (Å²) < 4.78 is 5.64. The van der Waals surface area contributed by atoms with Crippen molar-refractivity contribution in [2.75, 3.05) is 32.8 Å². The van der Waals surface area contributed by atoms with Crippen molar-refractivity contribution >= 4 is 5.69 Å². The van der Waals surface area contributed by atoms with Gasteiger partial charge in [0.1, 0.15) is 0 Å². The average molecular weight is 333 g/mol. The van der Waals surface area contributed by atoms with Gasteiger partial charge < -0.3 is 4.74 Å². The number of nitro benzene ring substituents is 1. The highest BCUT2D eigenvalue weighted by molar-refractivity contribution is 5.35. The molecule has 2 unspecified atom stereocenters. The van der Waals surface area contributed by atoms with Crippen LogP contribution in [0, 0.1) is 10.1 Å². The number of hydrogen-bond acceptors (Lipinski definition) is 5. The summed E-state index contributed by atoms with van der Waals surface area (Å²) in [5, 5.41) is 11.0. The molecule has 3 rings (SSSR count). The van der Waals surface area contributed by atoms with Gasteiger partial charge in [-0.05, 0) is 32.3 Å². The minimum atomic E-state index is -0.317. The van der Waals surface area contributed by atoms with Gasteiger partial charge in [0.15, 0.2) is 0 Å². The molecule has 2 aliphatic rings. The monoisotopic (exact) mass is 333 g/mol. The number of likely N-dealkylation sites (tertiary alicyclic amines) is 1. The highest BCUT2D eigenvalue weighted by atomic mass is 16.6. The number of nitro groups is 1. The van der Waals surface area contributed by atoms with E-state index in [-0.39, 0.29) is 16.7 Å². The summed E-state index contributed by atoms with van der Waals surface area (Å²) in [6.07, 6.45) is 2.65. The summed E-state index contributed by atoms with van der Waals surface area (Å²) >= 11 is 0. The van der Waals surface area contributed by atoms with Crippen molar-refractivity contribution in [1.82, 2.24) is 9.80 Å². The first-order valence-electron chi connectivity index (χ1n) is 8.88. The molecule has 0 saturated carbocycles. The van der Waals surface area contributed by atoms with Gasteiger partial charge in [0.25, 0.3) is 5.69 Å². The molecule has 132 valence electrons. The molecule has 1 aromatic carbocycles. The minimum Gasteiger partial charge on any atom is -0.376 e. The zero-order chi connectivity index (χ0) is 17.1. The fourth-order valence-electron chi connectivity index (χ4n) is 3.92. The Labute approximate surface area is 143 Å². The van der Waals surface area contributed by atoms with Gasteiger partial charge in [0.05, 0.1) is 17.6 Å². The van der Waals surface area contributed by atoms with Gasteiger partial charge in [0.2, 0.25) is 0 Å². The third-order valence-electron chi connectivity index (χ3n) is 5.40. The van der Waals surface area contributed by atoms with Crippen molar-refractivity contribution in [3.05, 3.63) is 39.9 Å². The molecule has 2 aliphatic heterocycles. The Hall–Kier alpha value is -1.50. The van der Waals surface area contributed by atoms with Gasteiger partial charge in [-0.1, -0.05) is 12.1 Å². The van der Waals surface area contributed by atoms with Gasteiger partial charge >= 0.3 is 0 Å². The van der Waals surface area contributed by atoms with E-state index in [1.54, 1.807) is 18.2 Å². The molecule has 0 bridgehead atoms. The lowest BCUT2D eigenvalue weighted by atomic mass is 9.98. The van der Waals surface area contributed by atoms with Gasteiger partial charge in [-0.2, -0.15) is 0 Å². The highest BCUT2D eigenvalue weighted by Gasteiger charge is 2.29. The Morgan fingerprint density at radius 1 is 1.29 bits per heavy atom. The van der Waals surface area contributed by atoms with E-state index in [2.05, 4.69) is 23.6 Å². The van der Waals surface area contributed by atoms with Crippen LogP contribution < -0.4 is 0 Å². The van der Waals surface area contributed by atoms with Gasteiger partial charge in [-0.3, -0.25) is 19.9 Å². The van der Waals surface area contributed by atoms with Gasteiger partial charge in [-0.25, -0.2) is 0 Å². The Morgan fingerprint density at radius 2 is 2.04 bits per heavy atom. The summed E-state index contributed by atoms with van der Waals surface area (Å²) in [6, 6.07) is 7.90. The van der Waals surface area contributed by atoms with Crippen LogP contribution in [0.4, 0.5) is 5.69 Å². The van der Waals surface area contributed by atoms with E-state index in [9.17, 15) is 10.1 Å². The lowest BCUT2D eigenvalue weighted by molar-refractivity contribution is -0.385. The molecule has 0 spiro atoms. The maximum absolute atomic E-state index is 11.0. The smallest absolute Gasteiger partial charge is 0.269 e. The van der Waals surface area contributed by atoms with Crippen LogP contribution in [0.1, 0.15) is 38.3 Å². The van der Waals surface area contributed by atoms with Crippen LogP contribution in [0.3, 0.4) is 0 Å². The first-order chi connectivity index (χ1) is 11.5.